The maximum Gasteiger partial charge on any atom is 0.310 e. The van der Waals surface area contributed by atoms with Gasteiger partial charge in [0.1, 0.15) is 10.7 Å². The number of sulfonamides is 1. The lowest BCUT2D eigenvalue weighted by Gasteiger charge is -2.10. The van der Waals surface area contributed by atoms with Crippen LogP contribution in [0, 0.1) is 15.9 Å². The second kappa shape index (κ2) is 7.68. The SMILES string of the molecule is O=C(COc1ccccc1[N+](=O)[O-])NNS(=O)(=O)c1ccccc1F. The fourth-order valence-corrected chi connectivity index (χ4v) is 2.69. The molecule has 11 heteroatoms. The van der Waals surface area contributed by atoms with Gasteiger partial charge < -0.3 is 4.74 Å². The molecule has 9 nitrogen and oxygen atoms in total. The van der Waals surface area contributed by atoms with Gasteiger partial charge in [-0.25, -0.2) is 12.8 Å². The van der Waals surface area contributed by atoms with E-state index in [0.717, 1.165) is 12.1 Å². The zero-order chi connectivity index (χ0) is 18.4. The Morgan fingerprint density at radius 1 is 1.16 bits per heavy atom. The number of hydrazine groups is 1. The summed E-state index contributed by atoms with van der Waals surface area (Å²) in [5.41, 5.74) is 1.48. The highest BCUT2D eigenvalue weighted by Crippen LogP contribution is 2.25. The van der Waals surface area contributed by atoms with Crippen molar-refractivity contribution in [1.82, 2.24) is 10.3 Å². The van der Waals surface area contributed by atoms with E-state index in [4.69, 9.17) is 4.74 Å². The highest BCUT2D eigenvalue weighted by molar-refractivity contribution is 7.89. The molecule has 0 aromatic heterocycles. The summed E-state index contributed by atoms with van der Waals surface area (Å²) in [6, 6.07) is 9.98. The Labute approximate surface area is 141 Å². The van der Waals surface area contributed by atoms with Crippen LogP contribution < -0.4 is 15.0 Å². The van der Waals surface area contributed by atoms with Gasteiger partial charge in [-0.05, 0) is 18.2 Å². The topological polar surface area (TPSA) is 128 Å². The molecule has 0 bridgehead atoms. The lowest BCUT2D eigenvalue weighted by atomic mass is 10.3. The van der Waals surface area contributed by atoms with Crippen LogP contribution in [0.2, 0.25) is 0 Å². The number of nitrogens with zero attached hydrogens (tertiary/aromatic N) is 1. The molecule has 0 saturated heterocycles. The van der Waals surface area contributed by atoms with Crippen molar-refractivity contribution in [3.05, 3.63) is 64.5 Å². The van der Waals surface area contributed by atoms with Gasteiger partial charge in [-0.1, -0.05) is 24.3 Å². The smallest absolute Gasteiger partial charge is 0.310 e. The monoisotopic (exact) mass is 369 g/mol. The Balaban J connectivity index is 1.96. The molecular formula is C14H12FN3O6S. The molecule has 2 aromatic carbocycles. The third-order valence-electron chi connectivity index (χ3n) is 2.87. The maximum atomic E-state index is 13.5. The number of amides is 1. The molecule has 0 aliphatic carbocycles. The summed E-state index contributed by atoms with van der Waals surface area (Å²) in [4.78, 5) is 22.8. The fourth-order valence-electron chi connectivity index (χ4n) is 1.75. The van der Waals surface area contributed by atoms with E-state index in [9.17, 15) is 27.7 Å². The molecule has 132 valence electrons. The highest BCUT2D eigenvalue weighted by Gasteiger charge is 2.20. The van der Waals surface area contributed by atoms with E-state index in [1.54, 1.807) is 4.83 Å². The summed E-state index contributed by atoms with van der Waals surface area (Å²) in [5, 5.41) is 10.8. The van der Waals surface area contributed by atoms with Crippen LogP contribution in [0.1, 0.15) is 0 Å². The minimum atomic E-state index is -4.31. The predicted octanol–water partition coefficient (Wildman–Crippen LogP) is 1.12. The van der Waals surface area contributed by atoms with Crippen molar-refractivity contribution in [3.8, 4) is 5.75 Å². The van der Waals surface area contributed by atoms with Crippen LogP contribution in [0.3, 0.4) is 0 Å². The molecule has 2 rings (SSSR count). The summed E-state index contributed by atoms with van der Waals surface area (Å²) >= 11 is 0. The number of carbonyl (C=O) groups excluding carboxylic acids is 1. The number of hydrogen-bond acceptors (Lipinski definition) is 6. The highest BCUT2D eigenvalue weighted by atomic mass is 32.2. The van der Waals surface area contributed by atoms with Crippen LogP contribution in [-0.4, -0.2) is 25.9 Å². The Hall–Kier alpha value is -3.05. The van der Waals surface area contributed by atoms with Crippen LogP contribution >= 0.6 is 0 Å². The van der Waals surface area contributed by atoms with Crippen molar-refractivity contribution in [2.24, 2.45) is 0 Å². The van der Waals surface area contributed by atoms with E-state index < -0.39 is 38.2 Å². The Kier molecular flexibility index (Phi) is 5.62. The van der Waals surface area contributed by atoms with E-state index in [0.29, 0.717) is 0 Å². The lowest BCUT2D eigenvalue weighted by Crippen LogP contribution is -2.43. The van der Waals surface area contributed by atoms with Crippen molar-refractivity contribution in [3.63, 3.8) is 0 Å². The largest absolute Gasteiger partial charge is 0.477 e. The molecule has 0 unspecified atom stereocenters. The summed E-state index contributed by atoms with van der Waals surface area (Å²) < 4.78 is 42.2. The zero-order valence-electron chi connectivity index (χ0n) is 12.5. The minimum absolute atomic E-state index is 0.153. The van der Waals surface area contributed by atoms with Gasteiger partial charge in [0.05, 0.1) is 4.92 Å². The van der Waals surface area contributed by atoms with Crippen molar-refractivity contribution >= 4 is 21.6 Å². The van der Waals surface area contributed by atoms with E-state index in [-0.39, 0.29) is 11.4 Å². The molecule has 0 radical (unpaired) electrons. The number of hydrogen-bond donors (Lipinski definition) is 2. The average molecular weight is 369 g/mol. The number of nitrogens with one attached hydrogen (secondary N) is 2. The van der Waals surface area contributed by atoms with Crippen LogP contribution in [-0.2, 0) is 14.8 Å². The fraction of sp³-hybridized carbons (Fsp3) is 0.0714. The summed E-state index contributed by atoms with van der Waals surface area (Å²) in [7, 11) is -4.31. The Morgan fingerprint density at radius 3 is 2.48 bits per heavy atom. The quantitative estimate of drug-likeness (QED) is 0.556. The normalized spacial score (nSPS) is 10.9. The molecule has 1 amide bonds. The van der Waals surface area contributed by atoms with Crippen molar-refractivity contribution in [2.45, 2.75) is 4.90 Å². The van der Waals surface area contributed by atoms with Crippen molar-refractivity contribution in [2.75, 3.05) is 6.61 Å². The first-order valence-electron chi connectivity index (χ1n) is 6.72. The summed E-state index contributed by atoms with van der Waals surface area (Å²) in [6.45, 7) is -0.690. The van der Waals surface area contributed by atoms with Crippen LogP contribution in [0.4, 0.5) is 10.1 Å². The van der Waals surface area contributed by atoms with Gasteiger partial charge in [0.15, 0.2) is 12.4 Å². The molecule has 0 atom stereocenters. The molecule has 0 heterocycles. The molecule has 0 saturated carbocycles. The average Bonchev–Trinajstić information content (AvgIpc) is 2.58. The standard InChI is InChI=1S/C14H12FN3O6S/c15-10-5-1-4-8-13(10)25(22,23)17-16-14(19)9-24-12-7-3-2-6-11(12)18(20)21/h1-8,17H,9H2,(H,16,19). The van der Waals surface area contributed by atoms with E-state index in [1.165, 1.54) is 36.4 Å². The molecule has 0 aliphatic heterocycles. The van der Waals surface area contributed by atoms with Gasteiger partial charge in [-0.15, -0.1) is 4.83 Å². The molecule has 2 aromatic rings. The van der Waals surface area contributed by atoms with E-state index >= 15 is 0 Å². The van der Waals surface area contributed by atoms with Gasteiger partial charge in [-0.2, -0.15) is 0 Å². The number of carbonyl (C=O) groups is 1. The molecule has 0 aliphatic rings. The van der Waals surface area contributed by atoms with Gasteiger partial charge >= 0.3 is 5.69 Å². The van der Waals surface area contributed by atoms with E-state index in [2.05, 4.69) is 0 Å². The first-order chi connectivity index (χ1) is 11.8. The van der Waals surface area contributed by atoms with Crippen molar-refractivity contribution in [1.29, 1.82) is 0 Å². The first-order valence-corrected chi connectivity index (χ1v) is 8.21. The number of ether oxygens (including phenoxy) is 1. The van der Waals surface area contributed by atoms with Crippen LogP contribution in [0.15, 0.2) is 53.4 Å². The number of halogens is 1. The number of nitro benzene ring substituents is 1. The van der Waals surface area contributed by atoms with Gasteiger partial charge in [0.2, 0.25) is 0 Å². The Bertz CT molecular complexity index is 903. The minimum Gasteiger partial charge on any atom is -0.477 e. The number of para-hydroxylation sites is 2. The number of benzene rings is 2. The second-order valence-electron chi connectivity index (χ2n) is 4.60. The molecular weight excluding hydrogens is 357 g/mol. The third-order valence-corrected chi connectivity index (χ3v) is 4.15. The summed E-state index contributed by atoms with van der Waals surface area (Å²) in [5.74, 6) is -2.07. The van der Waals surface area contributed by atoms with Gasteiger partial charge in [0.25, 0.3) is 15.9 Å². The third kappa shape index (κ3) is 4.71. The summed E-state index contributed by atoms with van der Waals surface area (Å²) in [6.07, 6.45) is 0. The zero-order valence-corrected chi connectivity index (χ0v) is 13.3. The van der Waals surface area contributed by atoms with Gasteiger partial charge in [0, 0.05) is 6.07 Å². The molecule has 25 heavy (non-hydrogen) atoms. The molecule has 2 N–H and O–H groups in total. The van der Waals surface area contributed by atoms with Gasteiger partial charge in [-0.3, -0.25) is 20.3 Å². The predicted molar refractivity (Wildman–Crippen MR) is 83.5 cm³/mol. The second-order valence-corrected chi connectivity index (χ2v) is 6.25. The Morgan fingerprint density at radius 2 is 1.80 bits per heavy atom. The first kappa shape index (κ1) is 18.3. The maximum absolute atomic E-state index is 13.5. The number of rotatable bonds is 7. The van der Waals surface area contributed by atoms with Crippen molar-refractivity contribution < 1.29 is 27.3 Å². The molecule has 0 fully saturated rings. The van der Waals surface area contributed by atoms with E-state index in [1.807, 2.05) is 5.43 Å². The lowest BCUT2D eigenvalue weighted by molar-refractivity contribution is -0.385. The number of nitro groups is 1. The van der Waals surface area contributed by atoms with Crippen LogP contribution in [0.5, 0.6) is 5.75 Å². The van der Waals surface area contributed by atoms with Crippen LogP contribution in [0.25, 0.3) is 0 Å². The molecule has 0 spiro atoms.